The minimum absolute atomic E-state index is 0.263. The summed E-state index contributed by atoms with van der Waals surface area (Å²) in [6.45, 7) is 5.01. The lowest BCUT2D eigenvalue weighted by molar-refractivity contribution is 0.196. The Hall–Kier alpha value is -1.01. The van der Waals surface area contributed by atoms with Crippen molar-refractivity contribution in [2.45, 2.75) is 58.3 Å². The van der Waals surface area contributed by atoms with E-state index in [2.05, 4.69) is 24.0 Å². The summed E-state index contributed by atoms with van der Waals surface area (Å²) in [4.78, 5) is 0.909. The zero-order chi connectivity index (χ0) is 14.2. The fourth-order valence-electron chi connectivity index (χ4n) is 3.18. The lowest BCUT2D eigenvalue weighted by Gasteiger charge is -2.35. The van der Waals surface area contributed by atoms with Gasteiger partial charge in [0.1, 0.15) is 5.01 Å². The molecule has 1 saturated carbocycles. The molecule has 0 saturated heterocycles. The molecule has 5 nitrogen and oxygen atoms in total. The highest BCUT2D eigenvalue weighted by atomic mass is 32.1. The van der Waals surface area contributed by atoms with E-state index in [9.17, 15) is 0 Å². The average molecular weight is 293 g/mol. The first-order valence-corrected chi connectivity index (χ1v) is 8.36. The Bertz CT molecular complexity index is 579. The Morgan fingerprint density at radius 3 is 2.65 bits per heavy atom. The van der Waals surface area contributed by atoms with Crippen molar-refractivity contribution < 1.29 is 0 Å². The SMILES string of the molecule is CC(C)c1nnc2sc(CC3(CN)CCCCC3)nn12. The summed E-state index contributed by atoms with van der Waals surface area (Å²) in [5.41, 5.74) is 6.34. The highest BCUT2D eigenvalue weighted by Gasteiger charge is 2.32. The number of aromatic nitrogens is 4. The minimum Gasteiger partial charge on any atom is -0.330 e. The lowest BCUT2D eigenvalue weighted by Crippen LogP contribution is -2.34. The van der Waals surface area contributed by atoms with Crippen LogP contribution in [0.25, 0.3) is 4.96 Å². The summed E-state index contributed by atoms with van der Waals surface area (Å²) in [6.07, 6.45) is 7.43. The van der Waals surface area contributed by atoms with Crippen molar-refractivity contribution in [2.75, 3.05) is 6.54 Å². The molecule has 1 fully saturated rings. The van der Waals surface area contributed by atoms with Crippen LogP contribution < -0.4 is 5.73 Å². The second kappa shape index (κ2) is 5.41. The lowest BCUT2D eigenvalue weighted by atomic mass is 9.72. The van der Waals surface area contributed by atoms with Gasteiger partial charge in [-0.1, -0.05) is 44.4 Å². The van der Waals surface area contributed by atoms with Crippen molar-refractivity contribution in [3.8, 4) is 0 Å². The number of rotatable bonds is 4. The molecule has 0 bridgehead atoms. The molecule has 0 aromatic carbocycles. The quantitative estimate of drug-likeness (QED) is 0.941. The van der Waals surface area contributed by atoms with Gasteiger partial charge in [0, 0.05) is 12.3 Å². The molecule has 2 N–H and O–H groups in total. The molecular formula is C14H23N5S. The first-order valence-electron chi connectivity index (χ1n) is 7.55. The predicted octanol–water partition coefficient (Wildman–Crippen LogP) is 2.76. The van der Waals surface area contributed by atoms with E-state index in [1.807, 2.05) is 4.52 Å². The van der Waals surface area contributed by atoms with Crippen LogP contribution in [0.2, 0.25) is 0 Å². The predicted molar refractivity (Wildman–Crippen MR) is 81.0 cm³/mol. The van der Waals surface area contributed by atoms with E-state index >= 15 is 0 Å². The van der Waals surface area contributed by atoms with E-state index in [4.69, 9.17) is 10.8 Å². The molecule has 20 heavy (non-hydrogen) atoms. The van der Waals surface area contributed by atoms with Crippen molar-refractivity contribution in [1.29, 1.82) is 0 Å². The van der Waals surface area contributed by atoms with Gasteiger partial charge in [0.05, 0.1) is 0 Å². The van der Waals surface area contributed by atoms with E-state index < -0.39 is 0 Å². The van der Waals surface area contributed by atoms with Crippen LogP contribution in [0, 0.1) is 5.41 Å². The Labute approximate surface area is 123 Å². The maximum absolute atomic E-state index is 6.08. The molecule has 1 aliphatic rings. The average Bonchev–Trinajstić information content (AvgIpc) is 2.99. The number of nitrogens with zero attached hydrogens (tertiary/aromatic N) is 4. The summed E-state index contributed by atoms with van der Waals surface area (Å²) in [5, 5.41) is 14.3. The van der Waals surface area contributed by atoms with Crippen LogP contribution in [0.15, 0.2) is 0 Å². The molecular weight excluding hydrogens is 270 g/mol. The molecule has 2 aromatic heterocycles. The van der Waals surface area contributed by atoms with E-state index in [0.717, 1.165) is 28.8 Å². The van der Waals surface area contributed by atoms with Gasteiger partial charge in [0.25, 0.3) is 0 Å². The van der Waals surface area contributed by atoms with Crippen LogP contribution >= 0.6 is 11.3 Å². The Kier molecular flexibility index (Phi) is 3.77. The number of hydrogen-bond acceptors (Lipinski definition) is 5. The molecule has 0 atom stereocenters. The van der Waals surface area contributed by atoms with Gasteiger partial charge in [-0.15, -0.1) is 10.2 Å². The van der Waals surface area contributed by atoms with Gasteiger partial charge >= 0.3 is 0 Å². The van der Waals surface area contributed by atoms with E-state index in [-0.39, 0.29) is 5.41 Å². The van der Waals surface area contributed by atoms with E-state index in [1.54, 1.807) is 11.3 Å². The maximum atomic E-state index is 6.08. The molecule has 2 heterocycles. The topological polar surface area (TPSA) is 69.1 Å². The van der Waals surface area contributed by atoms with Crippen molar-refractivity contribution >= 4 is 16.3 Å². The van der Waals surface area contributed by atoms with Gasteiger partial charge in [0.15, 0.2) is 5.82 Å². The summed E-state index contributed by atoms with van der Waals surface area (Å²) in [5.74, 6) is 1.30. The third-order valence-corrected chi connectivity index (χ3v) is 5.35. The van der Waals surface area contributed by atoms with E-state index in [0.29, 0.717) is 5.92 Å². The molecule has 0 unspecified atom stereocenters. The Morgan fingerprint density at radius 2 is 2.00 bits per heavy atom. The molecule has 0 amide bonds. The molecule has 0 spiro atoms. The van der Waals surface area contributed by atoms with Crippen molar-refractivity contribution in [2.24, 2.45) is 11.1 Å². The van der Waals surface area contributed by atoms with Gasteiger partial charge in [-0.2, -0.15) is 9.61 Å². The van der Waals surface area contributed by atoms with Crippen LogP contribution in [-0.2, 0) is 6.42 Å². The number of fused-ring (bicyclic) bond motifs is 1. The van der Waals surface area contributed by atoms with Crippen LogP contribution in [-0.4, -0.2) is 26.4 Å². The summed E-state index contributed by atoms with van der Waals surface area (Å²) < 4.78 is 1.91. The zero-order valence-electron chi connectivity index (χ0n) is 12.3. The normalized spacial score (nSPS) is 19.0. The van der Waals surface area contributed by atoms with Gasteiger partial charge in [-0.3, -0.25) is 0 Å². The second-order valence-corrected chi connectivity index (χ2v) is 7.39. The molecule has 110 valence electrons. The van der Waals surface area contributed by atoms with Crippen LogP contribution in [0.3, 0.4) is 0 Å². The largest absolute Gasteiger partial charge is 0.330 e. The molecule has 3 rings (SSSR count). The van der Waals surface area contributed by atoms with Gasteiger partial charge in [-0.25, -0.2) is 0 Å². The fraction of sp³-hybridized carbons (Fsp3) is 0.786. The third-order valence-electron chi connectivity index (χ3n) is 4.45. The van der Waals surface area contributed by atoms with E-state index in [1.165, 1.54) is 32.1 Å². The second-order valence-electron chi connectivity index (χ2n) is 6.34. The summed E-state index contributed by atoms with van der Waals surface area (Å²) >= 11 is 1.67. The van der Waals surface area contributed by atoms with Crippen molar-refractivity contribution in [3.63, 3.8) is 0 Å². The van der Waals surface area contributed by atoms with Gasteiger partial charge < -0.3 is 5.73 Å². The smallest absolute Gasteiger partial charge is 0.234 e. The molecule has 2 aromatic rings. The van der Waals surface area contributed by atoms with Gasteiger partial charge in [0.2, 0.25) is 4.96 Å². The highest BCUT2D eigenvalue weighted by Crippen LogP contribution is 2.39. The molecule has 0 aliphatic heterocycles. The van der Waals surface area contributed by atoms with Crippen molar-refractivity contribution in [1.82, 2.24) is 19.8 Å². The Morgan fingerprint density at radius 1 is 1.25 bits per heavy atom. The number of nitrogens with two attached hydrogens (primary N) is 1. The first-order chi connectivity index (χ1) is 9.63. The van der Waals surface area contributed by atoms with Crippen LogP contribution in [0.5, 0.6) is 0 Å². The van der Waals surface area contributed by atoms with Crippen LogP contribution in [0.1, 0.15) is 62.7 Å². The zero-order valence-corrected chi connectivity index (χ0v) is 13.1. The fourth-order valence-corrected chi connectivity index (χ4v) is 4.19. The molecule has 0 radical (unpaired) electrons. The standard InChI is InChI=1S/C14H23N5S/c1-10(2)12-16-17-13-19(12)18-11(20-13)8-14(9-15)6-4-3-5-7-14/h10H,3-9,15H2,1-2H3. The van der Waals surface area contributed by atoms with Crippen molar-refractivity contribution in [3.05, 3.63) is 10.8 Å². The number of hydrogen-bond donors (Lipinski definition) is 1. The third kappa shape index (κ3) is 2.46. The monoisotopic (exact) mass is 293 g/mol. The first kappa shape index (κ1) is 13.9. The molecule has 1 aliphatic carbocycles. The minimum atomic E-state index is 0.263. The molecule has 6 heteroatoms. The van der Waals surface area contributed by atoms with Gasteiger partial charge in [-0.05, 0) is 24.8 Å². The maximum Gasteiger partial charge on any atom is 0.234 e. The summed E-state index contributed by atoms with van der Waals surface area (Å²) in [7, 11) is 0. The summed E-state index contributed by atoms with van der Waals surface area (Å²) in [6, 6.07) is 0. The highest BCUT2D eigenvalue weighted by molar-refractivity contribution is 7.16. The van der Waals surface area contributed by atoms with Crippen LogP contribution in [0.4, 0.5) is 0 Å². The Balaban J connectivity index is 1.86.